The highest BCUT2D eigenvalue weighted by Gasteiger charge is 2.17. The number of aromatic nitrogens is 2. The highest BCUT2D eigenvalue weighted by Crippen LogP contribution is 2.09. The Kier molecular flexibility index (Phi) is 3.44. The number of nitrogens with zero attached hydrogens (tertiary/aromatic N) is 3. The molecule has 0 saturated heterocycles. The van der Waals surface area contributed by atoms with E-state index in [4.69, 9.17) is 9.68 Å². The number of nitrogens with one attached hydrogen (secondary N) is 1. The SMILES string of the molecule is CC(C(=O)NCc1ccco1)n1ccnc1C#N. The van der Waals surface area contributed by atoms with Gasteiger partial charge in [0.2, 0.25) is 11.7 Å². The maximum Gasteiger partial charge on any atom is 0.243 e. The van der Waals surface area contributed by atoms with E-state index in [2.05, 4.69) is 10.3 Å². The molecule has 1 atom stereocenters. The first-order chi connectivity index (χ1) is 8.72. The van der Waals surface area contributed by atoms with Crippen molar-refractivity contribution in [2.75, 3.05) is 0 Å². The Labute approximate surface area is 104 Å². The summed E-state index contributed by atoms with van der Waals surface area (Å²) < 4.78 is 6.64. The molecule has 0 saturated carbocycles. The molecule has 6 heteroatoms. The molecule has 0 radical (unpaired) electrons. The van der Waals surface area contributed by atoms with E-state index < -0.39 is 6.04 Å². The molecule has 92 valence electrons. The van der Waals surface area contributed by atoms with E-state index in [0.717, 1.165) is 0 Å². The van der Waals surface area contributed by atoms with Crippen LogP contribution in [0.15, 0.2) is 35.2 Å². The highest BCUT2D eigenvalue weighted by molar-refractivity contribution is 5.79. The third-order valence-corrected chi connectivity index (χ3v) is 2.58. The highest BCUT2D eigenvalue weighted by atomic mass is 16.3. The Morgan fingerprint density at radius 1 is 1.72 bits per heavy atom. The summed E-state index contributed by atoms with van der Waals surface area (Å²) in [7, 11) is 0. The van der Waals surface area contributed by atoms with Gasteiger partial charge < -0.3 is 14.3 Å². The van der Waals surface area contributed by atoms with Crippen LogP contribution >= 0.6 is 0 Å². The second-order valence-electron chi connectivity index (χ2n) is 3.74. The molecule has 1 N–H and O–H groups in total. The van der Waals surface area contributed by atoms with E-state index in [0.29, 0.717) is 12.3 Å². The van der Waals surface area contributed by atoms with Crippen molar-refractivity contribution in [3.8, 4) is 6.07 Å². The summed E-state index contributed by atoms with van der Waals surface area (Å²) in [6.07, 6.45) is 4.65. The summed E-state index contributed by atoms with van der Waals surface area (Å²) in [5.74, 6) is 0.707. The number of hydrogen-bond donors (Lipinski definition) is 1. The fourth-order valence-corrected chi connectivity index (χ4v) is 1.57. The lowest BCUT2D eigenvalue weighted by atomic mass is 10.3. The van der Waals surface area contributed by atoms with Crippen molar-refractivity contribution in [2.45, 2.75) is 19.5 Å². The maximum atomic E-state index is 11.9. The molecule has 2 heterocycles. The lowest BCUT2D eigenvalue weighted by molar-refractivity contribution is -0.124. The van der Waals surface area contributed by atoms with Crippen LogP contribution in [0.5, 0.6) is 0 Å². The summed E-state index contributed by atoms with van der Waals surface area (Å²) in [4.78, 5) is 15.7. The van der Waals surface area contributed by atoms with Crippen LogP contribution in [0.25, 0.3) is 0 Å². The standard InChI is InChI=1S/C12H12N4O2/c1-9(16-5-4-14-11(16)7-13)12(17)15-8-10-3-2-6-18-10/h2-6,9H,8H2,1H3,(H,15,17). The molecule has 0 aliphatic rings. The predicted octanol–water partition coefficient (Wildman–Crippen LogP) is 1.23. The van der Waals surface area contributed by atoms with Crippen LogP contribution < -0.4 is 5.32 Å². The van der Waals surface area contributed by atoms with Crippen molar-refractivity contribution in [1.82, 2.24) is 14.9 Å². The van der Waals surface area contributed by atoms with Crippen molar-refractivity contribution in [2.24, 2.45) is 0 Å². The minimum absolute atomic E-state index is 0.194. The molecule has 2 rings (SSSR count). The van der Waals surface area contributed by atoms with Crippen LogP contribution in [0.2, 0.25) is 0 Å². The number of imidazole rings is 1. The van der Waals surface area contributed by atoms with Gasteiger partial charge in [0.05, 0.1) is 12.8 Å². The maximum absolute atomic E-state index is 11.9. The molecule has 6 nitrogen and oxygen atoms in total. The molecule has 0 spiro atoms. The average Bonchev–Trinajstić information content (AvgIpc) is 3.05. The number of furan rings is 1. The van der Waals surface area contributed by atoms with E-state index in [1.54, 1.807) is 31.5 Å². The average molecular weight is 244 g/mol. The largest absolute Gasteiger partial charge is 0.467 e. The van der Waals surface area contributed by atoms with E-state index >= 15 is 0 Å². The number of amides is 1. The number of hydrogen-bond acceptors (Lipinski definition) is 4. The van der Waals surface area contributed by atoms with Crippen molar-refractivity contribution in [1.29, 1.82) is 5.26 Å². The Balaban J connectivity index is 1.99. The van der Waals surface area contributed by atoms with Crippen molar-refractivity contribution in [3.05, 3.63) is 42.4 Å². The van der Waals surface area contributed by atoms with Gasteiger partial charge in [-0.15, -0.1) is 0 Å². The number of rotatable bonds is 4. The van der Waals surface area contributed by atoms with Gasteiger partial charge in [-0.3, -0.25) is 4.79 Å². The molecule has 0 fully saturated rings. The molecule has 0 bridgehead atoms. The molecule has 1 unspecified atom stereocenters. The fourth-order valence-electron chi connectivity index (χ4n) is 1.57. The molecular weight excluding hydrogens is 232 g/mol. The summed E-state index contributed by atoms with van der Waals surface area (Å²) in [5, 5.41) is 11.6. The van der Waals surface area contributed by atoms with Crippen molar-refractivity contribution in [3.63, 3.8) is 0 Å². The monoisotopic (exact) mass is 244 g/mol. The molecule has 2 aromatic rings. The first-order valence-electron chi connectivity index (χ1n) is 5.45. The third-order valence-electron chi connectivity index (χ3n) is 2.58. The molecule has 0 aromatic carbocycles. The van der Waals surface area contributed by atoms with Gasteiger partial charge in [-0.25, -0.2) is 4.98 Å². The van der Waals surface area contributed by atoms with Crippen LogP contribution in [0.1, 0.15) is 24.6 Å². The normalized spacial score (nSPS) is 11.8. The smallest absolute Gasteiger partial charge is 0.243 e. The summed E-state index contributed by atoms with van der Waals surface area (Å²) in [6, 6.07) is 4.98. The van der Waals surface area contributed by atoms with Crippen LogP contribution in [-0.2, 0) is 11.3 Å². The molecule has 0 aliphatic heterocycles. The van der Waals surface area contributed by atoms with Crippen LogP contribution in [0.3, 0.4) is 0 Å². The first-order valence-corrected chi connectivity index (χ1v) is 5.45. The fraction of sp³-hybridized carbons (Fsp3) is 0.250. The second kappa shape index (κ2) is 5.19. The number of carbonyl (C=O) groups excluding carboxylic acids is 1. The van der Waals surface area contributed by atoms with Gasteiger partial charge in [-0.1, -0.05) is 0 Å². The zero-order valence-electron chi connectivity index (χ0n) is 9.83. The minimum atomic E-state index is -0.489. The molecule has 18 heavy (non-hydrogen) atoms. The van der Waals surface area contributed by atoms with E-state index in [1.807, 2.05) is 6.07 Å². The first kappa shape index (κ1) is 11.9. The minimum Gasteiger partial charge on any atom is -0.467 e. The molecule has 1 amide bonds. The van der Waals surface area contributed by atoms with Gasteiger partial charge in [-0.2, -0.15) is 5.26 Å². The van der Waals surface area contributed by atoms with Gasteiger partial charge >= 0.3 is 0 Å². The van der Waals surface area contributed by atoms with Gasteiger partial charge in [-0.05, 0) is 19.1 Å². The van der Waals surface area contributed by atoms with Crippen LogP contribution in [-0.4, -0.2) is 15.5 Å². The lowest BCUT2D eigenvalue weighted by Crippen LogP contribution is -2.30. The van der Waals surface area contributed by atoms with Crippen LogP contribution in [0, 0.1) is 11.3 Å². The predicted molar refractivity (Wildman–Crippen MR) is 62.2 cm³/mol. The van der Waals surface area contributed by atoms with Gasteiger partial charge in [0.15, 0.2) is 0 Å². The lowest BCUT2D eigenvalue weighted by Gasteiger charge is -2.13. The Morgan fingerprint density at radius 2 is 2.56 bits per heavy atom. The van der Waals surface area contributed by atoms with Crippen LogP contribution in [0.4, 0.5) is 0 Å². The second-order valence-corrected chi connectivity index (χ2v) is 3.74. The molecule has 2 aromatic heterocycles. The topological polar surface area (TPSA) is 83.8 Å². The third kappa shape index (κ3) is 2.40. The van der Waals surface area contributed by atoms with Crippen molar-refractivity contribution < 1.29 is 9.21 Å². The zero-order valence-corrected chi connectivity index (χ0v) is 9.83. The number of carbonyl (C=O) groups is 1. The zero-order chi connectivity index (χ0) is 13.0. The van der Waals surface area contributed by atoms with Crippen molar-refractivity contribution >= 4 is 5.91 Å². The Hall–Kier alpha value is -2.55. The summed E-state index contributed by atoms with van der Waals surface area (Å²) in [5.41, 5.74) is 0. The van der Waals surface area contributed by atoms with Gasteiger partial charge in [0.1, 0.15) is 17.9 Å². The Morgan fingerprint density at radius 3 is 3.22 bits per heavy atom. The molecular formula is C12H12N4O2. The molecule has 0 aliphatic carbocycles. The quantitative estimate of drug-likeness (QED) is 0.876. The van der Waals surface area contributed by atoms with E-state index in [1.165, 1.54) is 10.8 Å². The van der Waals surface area contributed by atoms with Gasteiger partial charge in [0, 0.05) is 12.4 Å². The van der Waals surface area contributed by atoms with E-state index in [9.17, 15) is 4.79 Å². The summed E-state index contributed by atoms with van der Waals surface area (Å²) in [6.45, 7) is 2.03. The summed E-state index contributed by atoms with van der Waals surface area (Å²) >= 11 is 0. The number of nitriles is 1. The van der Waals surface area contributed by atoms with E-state index in [-0.39, 0.29) is 11.7 Å². The van der Waals surface area contributed by atoms with Gasteiger partial charge in [0.25, 0.3) is 0 Å². The Bertz CT molecular complexity index is 565.